The van der Waals surface area contributed by atoms with Crippen LogP contribution in [-0.4, -0.2) is 34.0 Å². The van der Waals surface area contributed by atoms with E-state index in [0.29, 0.717) is 46.5 Å². The molecular weight excluding hydrogens is 352 g/mol. The van der Waals surface area contributed by atoms with Gasteiger partial charge in [-0.3, -0.25) is 4.79 Å². The van der Waals surface area contributed by atoms with E-state index < -0.39 is 0 Å². The van der Waals surface area contributed by atoms with E-state index in [2.05, 4.69) is 5.32 Å². The van der Waals surface area contributed by atoms with Crippen LogP contribution >= 0.6 is 0 Å². The Bertz CT molecular complexity index is 853. The fourth-order valence-electron chi connectivity index (χ4n) is 2.89. The molecule has 0 spiro atoms. The van der Waals surface area contributed by atoms with Crippen molar-refractivity contribution < 1.29 is 28.5 Å². The number of rotatable bonds is 7. The van der Waals surface area contributed by atoms with Gasteiger partial charge in [-0.15, -0.1) is 0 Å². The second kappa shape index (κ2) is 7.94. The summed E-state index contributed by atoms with van der Waals surface area (Å²) >= 11 is 0. The molecule has 1 heterocycles. The molecule has 0 bridgehead atoms. The molecule has 2 aromatic carbocycles. The predicted molar refractivity (Wildman–Crippen MR) is 100 cm³/mol. The third-order valence-corrected chi connectivity index (χ3v) is 4.23. The number of benzene rings is 2. The third kappa shape index (κ3) is 3.79. The number of nitrogens with two attached hydrogens (primary N) is 1. The first-order valence-corrected chi connectivity index (χ1v) is 8.34. The minimum atomic E-state index is -0.183. The number of amides is 1. The molecule has 8 heteroatoms. The molecule has 0 atom stereocenters. The van der Waals surface area contributed by atoms with E-state index in [1.54, 1.807) is 39.5 Å². The Hall–Kier alpha value is -3.29. The monoisotopic (exact) mass is 374 g/mol. The molecule has 1 amide bonds. The number of carbonyl (C=O) groups excluding carboxylic acids is 1. The zero-order chi connectivity index (χ0) is 19.4. The quantitative estimate of drug-likeness (QED) is 0.718. The van der Waals surface area contributed by atoms with Gasteiger partial charge in [0.1, 0.15) is 0 Å². The van der Waals surface area contributed by atoms with Crippen molar-refractivity contribution in [3.8, 4) is 28.7 Å². The first-order chi connectivity index (χ1) is 13.1. The van der Waals surface area contributed by atoms with Crippen molar-refractivity contribution >= 4 is 17.3 Å². The lowest BCUT2D eigenvalue weighted by Crippen LogP contribution is -2.14. The zero-order valence-electron chi connectivity index (χ0n) is 15.5. The number of anilines is 2. The molecule has 0 aromatic heterocycles. The van der Waals surface area contributed by atoms with Gasteiger partial charge in [0.25, 0.3) is 0 Å². The van der Waals surface area contributed by atoms with E-state index in [0.717, 1.165) is 5.56 Å². The maximum Gasteiger partial charge on any atom is 0.231 e. The van der Waals surface area contributed by atoms with Gasteiger partial charge in [0.05, 0.1) is 32.7 Å². The molecule has 2 aromatic rings. The number of nitrogens with one attached hydrogen (secondary N) is 1. The van der Waals surface area contributed by atoms with Gasteiger partial charge in [0, 0.05) is 18.6 Å². The lowest BCUT2D eigenvalue weighted by Gasteiger charge is -2.15. The molecule has 0 fully saturated rings. The van der Waals surface area contributed by atoms with Crippen LogP contribution in [0.4, 0.5) is 11.4 Å². The number of nitrogen functional groups attached to an aromatic ring is 1. The minimum Gasteiger partial charge on any atom is -0.493 e. The molecule has 0 aliphatic carbocycles. The van der Waals surface area contributed by atoms with Crippen LogP contribution in [-0.2, 0) is 11.2 Å². The molecule has 27 heavy (non-hydrogen) atoms. The van der Waals surface area contributed by atoms with Crippen LogP contribution in [0.1, 0.15) is 12.0 Å². The highest BCUT2D eigenvalue weighted by molar-refractivity contribution is 5.94. The summed E-state index contributed by atoms with van der Waals surface area (Å²) in [6.07, 6.45) is 0.694. The third-order valence-electron chi connectivity index (χ3n) is 4.23. The van der Waals surface area contributed by atoms with Gasteiger partial charge in [-0.1, -0.05) is 6.07 Å². The Kier molecular flexibility index (Phi) is 5.44. The molecule has 0 unspecified atom stereocenters. The second-order valence-electron chi connectivity index (χ2n) is 5.83. The van der Waals surface area contributed by atoms with Crippen molar-refractivity contribution in [3.05, 3.63) is 29.8 Å². The van der Waals surface area contributed by atoms with Crippen molar-refractivity contribution in [2.24, 2.45) is 0 Å². The fourth-order valence-corrected chi connectivity index (χ4v) is 2.89. The lowest BCUT2D eigenvalue weighted by atomic mass is 10.1. The molecule has 0 saturated heterocycles. The van der Waals surface area contributed by atoms with Gasteiger partial charge < -0.3 is 34.7 Å². The average molecular weight is 374 g/mol. The topological polar surface area (TPSA) is 101 Å². The molecular formula is C19H22N2O6. The molecule has 1 aliphatic rings. The van der Waals surface area contributed by atoms with E-state index in [-0.39, 0.29) is 19.1 Å². The predicted octanol–water partition coefficient (Wildman–Crippen LogP) is 2.59. The van der Waals surface area contributed by atoms with Crippen LogP contribution in [0.15, 0.2) is 24.3 Å². The normalized spacial score (nSPS) is 11.8. The van der Waals surface area contributed by atoms with E-state index >= 15 is 0 Å². The van der Waals surface area contributed by atoms with Crippen molar-refractivity contribution in [1.29, 1.82) is 0 Å². The Morgan fingerprint density at radius 2 is 1.78 bits per heavy atom. The van der Waals surface area contributed by atoms with Crippen molar-refractivity contribution in [3.63, 3.8) is 0 Å². The van der Waals surface area contributed by atoms with Gasteiger partial charge in [-0.05, 0) is 18.1 Å². The van der Waals surface area contributed by atoms with Crippen LogP contribution < -0.4 is 34.7 Å². The summed E-state index contributed by atoms with van der Waals surface area (Å²) in [5.41, 5.74) is 7.70. The summed E-state index contributed by atoms with van der Waals surface area (Å²) in [5, 5.41) is 2.80. The maximum absolute atomic E-state index is 12.4. The molecule has 3 rings (SSSR count). The number of fused-ring (bicyclic) bond motifs is 1. The Labute approximate surface area is 157 Å². The van der Waals surface area contributed by atoms with Crippen molar-refractivity contribution in [1.82, 2.24) is 0 Å². The van der Waals surface area contributed by atoms with E-state index in [4.69, 9.17) is 29.4 Å². The van der Waals surface area contributed by atoms with Crippen LogP contribution in [0.25, 0.3) is 0 Å². The number of hydrogen-bond acceptors (Lipinski definition) is 7. The smallest absolute Gasteiger partial charge is 0.231 e. The molecule has 1 aliphatic heterocycles. The molecule has 0 saturated carbocycles. The largest absolute Gasteiger partial charge is 0.493 e. The SMILES string of the molecule is COc1ccc(CCC(=O)Nc2cc3c(cc2N)OCO3)c(OC)c1OC. The van der Waals surface area contributed by atoms with Crippen molar-refractivity contribution in [2.45, 2.75) is 12.8 Å². The van der Waals surface area contributed by atoms with Crippen LogP contribution in [0.2, 0.25) is 0 Å². The number of methoxy groups -OCH3 is 3. The van der Waals surface area contributed by atoms with Gasteiger partial charge in [0.15, 0.2) is 23.0 Å². The maximum atomic E-state index is 12.4. The van der Waals surface area contributed by atoms with Crippen molar-refractivity contribution in [2.75, 3.05) is 39.2 Å². The summed E-state index contributed by atoms with van der Waals surface area (Å²) in [4.78, 5) is 12.4. The lowest BCUT2D eigenvalue weighted by molar-refractivity contribution is -0.116. The van der Waals surface area contributed by atoms with Crippen LogP contribution in [0.3, 0.4) is 0 Å². The Morgan fingerprint density at radius 3 is 2.44 bits per heavy atom. The Morgan fingerprint density at radius 1 is 1.07 bits per heavy atom. The molecule has 8 nitrogen and oxygen atoms in total. The summed E-state index contributed by atoms with van der Waals surface area (Å²) in [5.74, 6) is 2.56. The van der Waals surface area contributed by atoms with Gasteiger partial charge in [-0.2, -0.15) is 0 Å². The van der Waals surface area contributed by atoms with E-state index in [1.165, 1.54) is 0 Å². The summed E-state index contributed by atoms with van der Waals surface area (Å²) in [6.45, 7) is 0.144. The van der Waals surface area contributed by atoms with Gasteiger partial charge in [-0.25, -0.2) is 0 Å². The zero-order valence-corrected chi connectivity index (χ0v) is 15.5. The standard InChI is InChI=1S/C19H22N2O6/c1-23-14-6-4-11(18(24-2)19(14)25-3)5-7-17(22)21-13-9-16-15(8-12(13)20)26-10-27-16/h4,6,8-9H,5,7,10,20H2,1-3H3,(H,21,22). The highest BCUT2D eigenvalue weighted by Crippen LogP contribution is 2.40. The Balaban J connectivity index is 1.70. The van der Waals surface area contributed by atoms with E-state index in [1.807, 2.05) is 6.07 Å². The number of carbonyl (C=O) groups is 1. The summed E-state index contributed by atoms with van der Waals surface area (Å²) in [6, 6.07) is 6.93. The molecule has 0 radical (unpaired) electrons. The summed E-state index contributed by atoms with van der Waals surface area (Å²) in [7, 11) is 4.65. The van der Waals surface area contributed by atoms with Gasteiger partial charge >= 0.3 is 0 Å². The minimum absolute atomic E-state index is 0.144. The summed E-state index contributed by atoms with van der Waals surface area (Å²) < 4.78 is 26.6. The molecule has 3 N–H and O–H groups in total. The second-order valence-corrected chi connectivity index (χ2v) is 5.83. The molecule has 144 valence electrons. The highest BCUT2D eigenvalue weighted by Gasteiger charge is 2.19. The first kappa shape index (κ1) is 18.5. The highest BCUT2D eigenvalue weighted by atomic mass is 16.7. The number of aryl methyl sites for hydroxylation is 1. The number of ether oxygens (including phenoxy) is 5. The van der Waals surface area contributed by atoms with E-state index in [9.17, 15) is 4.79 Å². The average Bonchev–Trinajstić information content (AvgIpc) is 3.12. The first-order valence-electron chi connectivity index (χ1n) is 8.34. The number of hydrogen-bond donors (Lipinski definition) is 2. The van der Waals surface area contributed by atoms with Crippen LogP contribution in [0, 0.1) is 0 Å². The van der Waals surface area contributed by atoms with Crippen LogP contribution in [0.5, 0.6) is 28.7 Å². The van der Waals surface area contributed by atoms with Gasteiger partial charge in [0.2, 0.25) is 18.4 Å². The fraction of sp³-hybridized carbons (Fsp3) is 0.316.